The zero-order valence-electron chi connectivity index (χ0n) is 11.6. The van der Waals surface area contributed by atoms with E-state index in [1.807, 2.05) is 0 Å². The molecule has 5 nitrogen and oxygen atoms in total. The number of sulfonamides is 1. The van der Waals surface area contributed by atoms with E-state index in [2.05, 4.69) is 4.98 Å². The van der Waals surface area contributed by atoms with Gasteiger partial charge in [-0.2, -0.15) is 13.2 Å². The maximum atomic E-state index is 12.6. The number of alkyl halides is 3. The topological polar surface area (TPSA) is 82.3 Å². The van der Waals surface area contributed by atoms with E-state index in [1.165, 1.54) is 19.2 Å². The standard InChI is InChI=1S/C13H10ClF3N2O3S/c1-22-10-3-2-7(4-11(10)23(18,20)21)12-9(14)5-8(6-19-12)13(15,16)17/h2-6H,1H3,(H2,18,20,21). The molecule has 0 bridgehead atoms. The minimum atomic E-state index is -4.58. The van der Waals surface area contributed by atoms with Gasteiger partial charge in [-0.1, -0.05) is 11.6 Å². The maximum absolute atomic E-state index is 12.6. The van der Waals surface area contributed by atoms with Gasteiger partial charge in [0.05, 0.1) is 23.4 Å². The first kappa shape index (κ1) is 17.5. The Bertz CT molecular complexity index is 854. The smallest absolute Gasteiger partial charge is 0.417 e. The van der Waals surface area contributed by atoms with Crippen LogP contribution in [0.5, 0.6) is 5.75 Å². The van der Waals surface area contributed by atoms with Crippen LogP contribution < -0.4 is 9.88 Å². The van der Waals surface area contributed by atoms with E-state index >= 15 is 0 Å². The van der Waals surface area contributed by atoms with E-state index in [0.717, 1.165) is 6.07 Å². The van der Waals surface area contributed by atoms with Gasteiger partial charge in [-0.15, -0.1) is 0 Å². The molecule has 0 saturated carbocycles. The van der Waals surface area contributed by atoms with Crippen molar-refractivity contribution in [2.75, 3.05) is 7.11 Å². The highest BCUT2D eigenvalue weighted by Crippen LogP contribution is 2.35. The number of methoxy groups -OCH3 is 1. The molecule has 0 saturated heterocycles. The van der Waals surface area contributed by atoms with Crippen molar-refractivity contribution in [3.8, 4) is 17.0 Å². The number of hydrogen-bond donors (Lipinski definition) is 1. The number of nitrogens with zero attached hydrogens (tertiary/aromatic N) is 1. The Morgan fingerprint density at radius 1 is 1.26 bits per heavy atom. The third kappa shape index (κ3) is 3.74. The Labute approximate surface area is 134 Å². The molecule has 0 spiro atoms. The molecule has 1 aromatic carbocycles. The summed E-state index contributed by atoms with van der Waals surface area (Å²) in [4.78, 5) is 3.34. The predicted molar refractivity (Wildman–Crippen MR) is 77.6 cm³/mol. The highest BCUT2D eigenvalue weighted by molar-refractivity contribution is 7.89. The number of halogens is 4. The summed E-state index contributed by atoms with van der Waals surface area (Å²) < 4.78 is 65.9. The van der Waals surface area contributed by atoms with Crippen LogP contribution in [0.4, 0.5) is 13.2 Å². The van der Waals surface area contributed by atoms with Crippen molar-refractivity contribution >= 4 is 21.6 Å². The molecular formula is C13H10ClF3N2O3S. The number of rotatable bonds is 3. The van der Waals surface area contributed by atoms with E-state index in [-0.39, 0.29) is 26.9 Å². The number of pyridine rings is 1. The molecule has 2 rings (SSSR count). The maximum Gasteiger partial charge on any atom is 0.417 e. The fraction of sp³-hybridized carbons (Fsp3) is 0.154. The summed E-state index contributed by atoms with van der Waals surface area (Å²) in [6, 6.07) is 4.57. The molecule has 0 aliphatic rings. The second-order valence-electron chi connectivity index (χ2n) is 4.46. The summed E-state index contributed by atoms with van der Waals surface area (Å²) in [5.41, 5.74) is -0.827. The molecule has 2 aromatic rings. The van der Waals surface area contributed by atoms with Gasteiger partial charge in [-0.25, -0.2) is 13.6 Å². The monoisotopic (exact) mass is 366 g/mol. The van der Waals surface area contributed by atoms with Crippen LogP contribution in [-0.2, 0) is 16.2 Å². The second kappa shape index (κ2) is 5.99. The van der Waals surface area contributed by atoms with E-state index in [4.69, 9.17) is 21.5 Å². The number of hydrogen-bond acceptors (Lipinski definition) is 4. The molecule has 0 amide bonds. The molecule has 2 N–H and O–H groups in total. The fourth-order valence-corrected chi connectivity index (χ4v) is 2.85. The van der Waals surface area contributed by atoms with Crippen LogP contribution in [0.25, 0.3) is 11.3 Å². The third-order valence-electron chi connectivity index (χ3n) is 2.91. The molecule has 0 radical (unpaired) electrons. The lowest BCUT2D eigenvalue weighted by molar-refractivity contribution is -0.137. The molecule has 1 heterocycles. The SMILES string of the molecule is COc1ccc(-c2ncc(C(F)(F)F)cc2Cl)cc1S(N)(=O)=O. The lowest BCUT2D eigenvalue weighted by Gasteiger charge is -2.11. The summed E-state index contributed by atoms with van der Waals surface area (Å²) in [5, 5.41) is 4.82. The molecule has 1 aromatic heterocycles. The molecule has 0 aliphatic heterocycles. The molecule has 10 heteroatoms. The van der Waals surface area contributed by atoms with Gasteiger partial charge in [0.25, 0.3) is 0 Å². The van der Waals surface area contributed by atoms with Crippen LogP contribution in [0.2, 0.25) is 5.02 Å². The van der Waals surface area contributed by atoms with Crippen LogP contribution in [-0.4, -0.2) is 20.5 Å². The van der Waals surface area contributed by atoms with Crippen molar-refractivity contribution < 1.29 is 26.3 Å². The van der Waals surface area contributed by atoms with Crippen LogP contribution in [0, 0.1) is 0 Å². The van der Waals surface area contributed by atoms with Crippen LogP contribution in [0.3, 0.4) is 0 Å². The fourth-order valence-electron chi connectivity index (χ4n) is 1.85. The minimum Gasteiger partial charge on any atom is -0.495 e. The zero-order valence-corrected chi connectivity index (χ0v) is 13.1. The molecular weight excluding hydrogens is 357 g/mol. The van der Waals surface area contributed by atoms with Crippen molar-refractivity contribution in [3.63, 3.8) is 0 Å². The largest absolute Gasteiger partial charge is 0.495 e. The van der Waals surface area contributed by atoms with E-state index < -0.39 is 21.8 Å². The second-order valence-corrected chi connectivity index (χ2v) is 6.40. The predicted octanol–water partition coefficient (Wildman–Crippen LogP) is 3.08. The lowest BCUT2D eigenvalue weighted by atomic mass is 10.1. The molecule has 0 fully saturated rings. The van der Waals surface area contributed by atoms with Gasteiger partial charge >= 0.3 is 6.18 Å². The summed E-state index contributed by atoms with van der Waals surface area (Å²) in [7, 11) is -2.84. The van der Waals surface area contributed by atoms with E-state index in [9.17, 15) is 21.6 Å². The quantitative estimate of drug-likeness (QED) is 0.905. The number of primary sulfonamides is 1. The van der Waals surface area contributed by atoms with Crippen molar-refractivity contribution in [2.45, 2.75) is 11.1 Å². The minimum absolute atomic E-state index is 0.000663. The van der Waals surface area contributed by atoms with Gasteiger partial charge in [0, 0.05) is 11.8 Å². The first-order valence-corrected chi connectivity index (χ1v) is 7.90. The normalized spacial score (nSPS) is 12.3. The Morgan fingerprint density at radius 3 is 2.39 bits per heavy atom. The summed E-state index contributed by atoms with van der Waals surface area (Å²) in [6.07, 6.45) is -3.97. The molecule has 0 unspecified atom stereocenters. The Kier molecular flexibility index (Phi) is 4.56. The first-order valence-electron chi connectivity index (χ1n) is 5.98. The summed E-state index contributed by atoms with van der Waals surface area (Å²) in [6.45, 7) is 0. The Morgan fingerprint density at radius 2 is 1.91 bits per heavy atom. The van der Waals surface area contributed by atoms with Gasteiger partial charge in [-0.05, 0) is 24.3 Å². The number of nitrogens with two attached hydrogens (primary N) is 1. The average molecular weight is 367 g/mol. The van der Waals surface area contributed by atoms with Crippen LogP contribution in [0.15, 0.2) is 35.4 Å². The van der Waals surface area contributed by atoms with Gasteiger partial charge < -0.3 is 4.74 Å². The number of benzene rings is 1. The third-order valence-corrected chi connectivity index (χ3v) is 4.13. The molecule has 0 atom stereocenters. The van der Waals surface area contributed by atoms with Crippen LogP contribution >= 0.6 is 11.6 Å². The van der Waals surface area contributed by atoms with E-state index in [1.54, 1.807) is 0 Å². The van der Waals surface area contributed by atoms with Crippen molar-refractivity contribution in [3.05, 3.63) is 41.0 Å². The highest BCUT2D eigenvalue weighted by Gasteiger charge is 2.31. The van der Waals surface area contributed by atoms with Crippen LogP contribution in [0.1, 0.15) is 5.56 Å². The number of aromatic nitrogens is 1. The van der Waals surface area contributed by atoms with E-state index in [0.29, 0.717) is 12.3 Å². The highest BCUT2D eigenvalue weighted by atomic mass is 35.5. The first-order chi connectivity index (χ1) is 10.5. The van der Waals surface area contributed by atoms with Gasteiger partial charge in [0.1, 0.15) is 10.6 Å². The van der Waals surface area contributed by atoms with Gasteiger partial charge in [-0.3, -0.25) is 4.98 Å². The number of ether oxygens (including phenoxy) is 1. The Balaban J connectivity index is 2.60. The summed E-state index contributed by atoms with van der Waals surface area (Å²) in [5.74, 6) is -0.000663. The van der Waals surface area contributed by atoms with Gasteiger partial charge in [0.2, 0.25) is 10.0 Å². The van der Waals surface area contributed by atoms with Gasteiger partial charge in [0.15, 0.2) is 0 Å². The van der Waals surface area contributed by atoms with Crippen molar-refractivity contribution in [2.24, 2.45) is 5.14 Å². The molecule has 0 aliphatic carbocycles. The van der Waals surface area contributed by atoms with Crippen molar-refractivity contribution in [1.29, 1.82) is 0 Å². The molecule has 124 valence electrons. The average Bonchev–Trinajstić information content (AvgIpc) is 2.44. The van der Waals surface area contributed by atoms with Crippen molar-refractivity contribution in [1.82, 2.24) is 4.98 Å². The zero-order chi connectivity index (χ0) is 17.4. The Hall–Kier alpha value is -1.84. The summed E-state index contributed by atoms with van der Waals surface area (Å²) >= 11 is 5.84. The lowest BCUT2D eigenvalue weighted by Crippen LogP contribution is -2.13. The molecule has 23 heavy (non-hydrogen) atoms.